The zero-order valence-electron chi connectivity index (χ0n) is 14.1. The lowest BCUT2D eigenvalue weighted by atomic mass is 10.1. The molecular weight excluding hydrogens is 392 g/mol. The highest BCUT2D eigenvalue weighted by Gasteiger charge is 2.31. The molecule has 142 valence electrons. The van der Waals surface area contributed by atoms with Crippen LogP contribution in [0.4, 0.5) is 0 Å². The Kier molecular flexibility index (Phi) is 5.50. The van der Waals surface area contributed by atoms with Gasteiger partial charge in [-0.1, -0.05) is 41.9 Å². The Bertz CT molecular complexity index is 975. The summed E-state index contributed by atoms with van der Waals surface area (Å²) in [6.07, 6.45) is 0.570. The van der Waals surface area contributed by atoms with Crippen LogP contribution in [0.15, 0.2) is 53.4 Å². The number of nitrogens with two attached hydrogens (primary N) is 1. The largest absolute Gasteiger partial charge is 0.444 e. The monoisotopic (exact) mass is 408 g/mol. The first-order valence-corrected chi connectivity index (χ1v) is 10.1. The van der Waals surface area contributed by atoms with E-state index in [2.05, 4.69) is 5.32 Å². The topological polar surface area (TPSA) is 116 Å². The van der Waals surface area contributed by atoms with E-state index < -0.39 is 28.0 Å². The van der Waals surface area contributed by atoms with E-state index >= 15 is 0 Å². The number of hydrogen-bond donors (Lipinski definition) is 2. The molecule has 0 unspecified atom stereocenters. The number of benzene rings is 2. The molecule has 0 radical (unpaired) electrons. The van der Waals surface area contributed by atoms with Crippen LogP contribution in [0, 0.1) is 0 Å². The molecule has 27 heavy (non-hydrogen) atoms. The summed E-state index contributed by atoms with van der Waals surface area (Å²) in [7, 11) is -4.03. The van der Waals surface area contributed by atoms with Gasteiger partial charge in [0.05, 0.1) is 15.5 Å². The molecule has 0 heterocycles. The van der Waals surface area contributed by atoms with Gasteiger partial charge in [0.1, 0.15) is 0 Å². The van der Waals surface area contributed by atoms with Crippen molar-refractivity contribution in [3.8, 4) is 0 Å². The minimum absolute atomic E-state index is 0.0122. The van der Waals surface area contributed by atoms with Crippen molar-refractivity contribution in [3.63, 3.8) is 0 Å². The summed E-state index contributed by atoms with van der Waals surface area (Å²) < 4.78 is 28.4. The lowest BCUT2D eigenvalue weighted by Crippen LogP contribution is -2.33. The van der Waals surface area contributed by atoms with Crippen molar-refractivity contribution < 1.29 is 22.7 Å². The second-order valence-corrected chi connectivity index (χ2v) is 8.13. The highest BCUT2D eigenvalue weighted by molar-refractivity contribution is 7.89. The number of amides is 1. The predicted molar refractivity (Wildman–Crippen MR) is 98.6 cm³/mol. The molecule has 0 aliphatic heterocycles. The number of esters is 1. The maximum atomic E-state index is 12.6. The van der Waals surface area contributed by atoms with Gasteiger partial charge < -0.3 is 10.1 Å². The summed E-state index contributed by atoms with van der Waals surface area (Å²) in [5.74, 6) is -1.37. The van der Waals surface area contributed by atoms with Crippen molar-refractivity contribution in [2.24, 2.45) is 5.14 Å². The van der Waals surface area contributed by atoms with Gasteiger partial charge in [-0.2, -0.15) is 0 Å². The predicted octanol–water partition coefficient (Wildman–Crippen LogP) is 2.16. The summed E-state index contributed by atoms with van der Waals surface area (Å²) in [6, 6.07) is 12.1. The van der Waals surface area contributed by atoms with Crippen LogP contribution in [0.3, 0.4) is 0 Å². The number of ether oxygens (including phenoxy) is 1. The van der Waals surface area contributed by atoms with E-state index in [9.17, 15) is 18.0 Å². The highest BCUT2D eigenvalue weighted by atomic mass is 35.5. The molecule has 1 fully saturated rings. The minimum atomic E-state index is -4.03. The SMILES string of the molecule is NS(=O)(=O)c1ccc(Cl)c(C(=O)O[C@@H](C(=O)NC2CC2)c2ccccc2)c1. The summed E-state index contributed by atoms with van der Waals surface area (Å²) in [6.45, 7) is 0. The second-order valence-electron chi connectivity index (χ2n) is 6.17. The number of carbonyl (C=O) groups is 2. The zero-order chi connectivity index (χ0) is 19.6. The molecule has 1 aliphatic carbocycles. The van der Waals surface area contributed by atoms with Gasteiger partial charge in [0.15, 0.2) is 0 Å². The van der Waals surface area contributed by atoms with Crippen molar-refractivity contribution in [2.75, 3.05) is 0 Å². The number of carbonyl (C=O) groups excluding carboxylic acids is 2. The van der Waals surface area contributed by atoms with Gasteiger partial charge in [-0.15, -0.1) is 0 Å². The van der Waals surface area contributed by atoms with Crippen LogP contribution in [-0.4, -0.2) is 26.3 Å². The molecule has 9 heteroatoms. The molecule has 3 rings (SSSR count). The van der Waals surface area contributed by atoms with Crippen LogP contribution in [0.25, 0.3) is 0 Å². The van der Waals surface area contributed by atoms with Crippen LogP contribution >= 0.6 is 11.6 Å². The Morgan fingerprint density at radius 1 is 1.15 bits per heavy atom. The first-order valence-electron chi connectivity index (χ1n) is 8.14. The van der Waals surface area contributed by atoms with Crippen molar-refractivity contribution in [1.82, 2.24) is 5.32 Å². The molecule has 3 N–H and O–H groups in total. The maximum absolute atomic E-state index is 12.6. The Morgan fingerprint density at radius 2 is 1.81 bits per heavy atom. The van der Waals surface area contributed by atoms with Crippen molar-refractivity contribution in [3.05, 3.63) is 64.7 Å². The minimum Gasteiger partial charge on any atom is -0.444 e. The van der Waals surface area contributed by atoms with Gasteiger partial charge in [0.2, 0.25) is 16.1 Å². The number of hydrogen-bond acceptors (Lipinski definition) is 5. The first kappa shape index (κ1) is 19.3. The molecule has 0 bridgehead atoms. The smallest absolute Gasteiger partial charge is 0.340 e. The van der Waals surface area contributed by atoms with Crippen LogP contribution in [0.5, 0.6) is 0 Å². The summed E-state index contributed by atoms with van der Waals surface area (Å²) >= 11 is 6.01. The third-order valence-electron chi connectivity index (χ3n) is 3.98. The molecular formula is C18H17ClN2O5S. The zero-order valence-corrected chi connectivity index (χ0v) is 15.7. The number of rotatable bonds is 6. The highest BCUT2D eigenvalue weighted by Crippen LogP contribution is 2.26. The fourth-order valence-electron chi connectivity index (χ4n) is 2.41. The summed E-state index contributed by atoms with van der Waals surface area (Å²) in [5, 5.41) is 7.87. The third kappa shape index (κ3) is 4.85. The van der Waals surface area contributed by atoms with Crippen molar-refractivity contribution in [2.45, 2.75) is 29.9 Å². The summed E-state index contributed by atoms with van der Waals surface area (Å²) in [4.78, 5) is 24.9. The fourth-order valence-corrected chi connectivity index (χ4v) is 3.15. The molecule has 1 aliphatic rings. The normalized spacial score (nSPS) is 15.0. The average Bonchev–Trinajstić information content (AvgIpc) is 3.43. The van der Waals surface area contributed by atoms with E-state index in [4.69, 9.17) is 21.5 Å². The second kappa shape index (κ2) is 7.67. The quantitative estimate of drug-likeness (QED) is 0.710. The molecule has 2 aromatic carbocycles. The molecule has 0 spiro atoms. The van der Waals surface area contributed by atoms with Gasteiger partial charge in [-0.25, -0.2) is 18.4 Å². The van der Waals surface area contributed by atoms with Crippen molar-refractivity contribution in [1.29, 1.82) is 0 Å². The van der Waals surface area contributed by atoms with Gasteiger partial charge >= 0.3 is 5.97 Å². The van der Waals surface area contributed by atoms with E-state index in [0.717, 1.165) is 18.9 Å². The molecule has 0 saturated heterocycles. The lowest BCUT2D eigenvalue weighted by molar-refractivity contribution is -0.130. The maximum Gasteiger partial charge on any atom is 0.340 e. The van der Waals surface area contributed by atoms with E-state index in [1.165, 1.54) is 12.1 Å². The van der Waals surface area contributed by atoms with E-state index in [1.807, 2.05) is 0 Å². The van der Waals surface area contributed by atoms with Gasteiger partial charge in [-0.05, 0) is 31.0 Å². The van der Waals surface area contributed by atoms with E-state index in [-0.39, 0.29) is 21.5 Å². The van der Waals surface area contributed by atoms with E-state index in [1.54, 1.807) is 30.3 Å². The Morgan fingerprint density at radius 3 is 2.41 bits per heavy atom. The molecule has 0 aromatic heterocycles. The molecule has 1 atom stereocenters. The average molecular weight is 409 g/mol. The van der Waals surface area contributed by atoms with Crippen LogP contribution in [-0.2, 0) is 19.6 Å². The van der Waals surface area contributed by atoms with Crippen LogP contribution in [0.1, 0.15) is 34.9 Å². The Labute approximate surface area is 161 Å². The number of nitrogens with one attached hydrogen (secondary N) is 1. The third-order valence-corrected chi connectivity index (χ3v) is 5.22. The first-order chi connectivity index (χ1) is 12.8. The molecule has 1 saturated carbocycles. The number of halogens is 1. The lowest BCUT2D eigenvalue weighted by Gasteiger charge is -2.18. The van der Waals surface area contributed by atoms with Gasteiger partial charge in [0, 0.05) is 11.6 Å². The summed E-state index contributed by atoms with van der Waals surface area (Å²) in [5.41, 5.74) is 0.297. The number of sulfonamides is 1. The van der Waals surface area contributed by atoms with E-state index in [0.29, 0.717) is 5.56 Å². The fraction of sp³-hybridized carbons (Fsp3) is 0.222. The van der Waals surface area contributed by atoms with Crippen LogP contribution < -0.4 is 10.5 Å². The Balaban J connectivity index is 1.89. The molecule has 7 nitrogen and oxygen atoms in total. The molecule has 1 amide bonds. The van der Waals surface area contributed by atoms with Gasteiger partial charge in [0.25, 0.3) is 5.91 Å². The Hall–Kier alpha value is -2.42. The van der Waals surface area contributed by atoms with Crippen molar-refractivity contribution >= 4 is 33.5 Å². The van der Waals surface area contributed by atoms with Gasteiger partial charge in [-0.3, -0.25) is 4.79 Å². The number of primary sulfonamides is 1. The standard InChI is InChI=1S/C18H17ClN2O5S/c19-15-9-8-13(27(20,24)25)10-14(15)18(23)26-16(11-4-2-1-3-5-11)17(22)21-12-6-7-12/h1-5,8-10,12,16H,6-7H2,(H,21,22)(H2,20,24,25)/t16-/m1/s1. The molecule has 2 aromatic rings. The van der Waals surface area contributed by atoms with Crippen LogP contribution in [0.2, 0.25) is 5.02 Å².